The number of benzene rings is 1. The predicted octanol–water partition coefficient (Wildman–Crippen LogP) is 2.55. The first kappa shape index (κ1) is 14.7. The molecular formula is C14H20NO4S+. The first-order valence-corrected chi connectivity index (χ1v) is 7.14. The molecule has 20 heavy (non-hydrogen) atoms. The van der Waals surface area contributed by atoms with Crippen molar-refractivity contribution in [2.24, 2.45) is 0 Å². The van der Waals surface area contributed by atoms with E-state index in [2.05, 4.69) is 18.4 Å². The molecule has 0 saturated carbocycles. The average Bonchev–Trinajstić information content (AvgIpc) is 2.80. The molecule has 1 heterocycles. The normalized spacial score (nSPS) is 10.7. The largest absolute Gasteiger partial charge is 0.491 e. The number of ether oxygens (including phenoxy) is 4. The summed E-state index contributed by atoms with van der Waals surface area (Å²) in [6.07, 6.45) is 0. The van der Waals surface area contributed by atoms with Crippen molar-refractivity contribution in [2.45, 2.75) is 20.4 Å². The number of hydrogen-bond acceptors (Lipinski definition) is 5. The number of aromatic nitrogens is 1. The quantitative estimate of drug-likeness (QED) is 0.796. The first-order valence-electron chi connectivity index (χ1n) is 6.33. The molecule has 0 amide bonds. The van der Waals surface area contributed by atoms with E-state index in [-0.39, 0.29) is 0 Å². The number of thiazole rings is 1. The Hall–Kier alpha value is -1.69. The molecule has 0 aliphatic rings. The van der Waals surface area contributed by atoms with E-state index in [0.717, 1.165) is 16.8 Å². The van der Waals surface area contributed by atoms with Crippen LogP contribution < -0.4 is 23.5 Å². The Labute approximate surface area is 122 Å². The standard InChI is InChI=1S/C14H20NO4S/c1-7-15-8(2)20-14-9(15)10(16-3)11(17-4)12(18-5)13(14)19-6/h7H2,1-6H3/q+1. The number of aryl methyl sites for hydroxylation is 2. The maximum absolute atomic E-state index is 5.57. The third-order valence-corrected chi connectivity index (χ3v) is 4.39. The van der Waals surface area contributed by atoms with Crippen LogP contribution in [0.25, 0.3) is 10.2 Å². The van der Waals surface area contributed by atoms with E-state index in [9.17, 15) is 0 Å². The Morgan fingerprint density at radius 2 is 1.35 bits per heavy atom. The minimum absolute atomic E-state index is 0.555. The second-order valence-corrected chi connectivity index (χ2v) is 5.38. The average molecular weight is 298 g/mol. The molecule has 0 unspecified atom stereocenters. The molecule has 2 aromatic rings. The van der Waals surface area contributed by atoms with Crippen LogP contribution in [0.2, 0.25) is 0 Å². The Morgan fingerprint density at radius 3 is 1.80 bits per heavy atom. The van der Waals surface area contributed by atoms with Crippen LogP contribution in [-0.2, 0) is 6.54 Å². The fourth-order valence-corrected chi connectivity index (χ4v) is 3.65. The van der Waals surface area contributed by atoms with Crippen LogP contribution in [0.15, 0.2) is 0 Å². The van der Waals surface area contributed by atoms with Gasteiger partial charge in [-0.1, -0.05) is 11.3 Å². The summed E-state index contributed by atoms with van der Waals surface area (Å²) in [5.74, 6) is 2.47. The van der Waals surface area contributed by atoms with Crippen molar-refractivity contribution in [1.82, 2.24) is 0 Å². The van der Waals surface area contributed by atoms with Gasteiger partial charge in [0.25, 0.3) is 5.52 Å². The number of methoxy groups -OCH3 is 4. The summed E-state index contributed by atoms with van der Waals surface area (Å²) >= 11 is 1.66. The van der Waals surface area contributed by atoms with Crippen LogP contribution in [0.1, 0.15) is 11.9 Å². The molecule has 0 aliphatic carbocycles. The van der Waals surface area contributed by atoms with Crippen LogP contribution in [-0.4, -0.2) is 28.4 Å². The molecule has 0 radical (unpaired) electrons. The van der Waals surface area contributed by atoms with Gasteiger partial charge in [-0.2, -0.15) is 4.57 Å². The Morgan fingerprint density at radius 1 is 0.850 bits per heavy atom. The van der Waals surface area contributed by atoms with Gasteiger partial charge in [-0.3, -0.25) is 0 Å². The van der Waals surface area contributed by atoms with Gasteiger partial charge >= 0.3 is 0 Å². The van der Waals surface area contributed by atoms with Crippen LogP contribution in [0.4, 0.5) is 0 Å². The van der Waals surface area contributed by atoms with Crippen LogP contribution in [0.3, 0.4) is 0 Å². The van der Waals surface area contributed by atoms with Gasteiger partial charge in [0.1, 0.15) is 6.54 Å². The highest BCUT2D eigenvalue weighted by Gasteiger charge is 2.32. The van der Waals surface area contributed by atoms with E-state index in [1.54, 1.807) is 39.8 Å². The molecule has 0 bridgehead atoms. The highest BCUT2D eigenvalue weighted by molar-refractivity contribution is 7.18. The molecule has 5 nitrogen and oxygen atoms in total. The maximum atomic E-state index is 5.57. The van der Waals surface area contributed by atoms with E-state index in [0.29, 0.717) is 23.0 Å². The van der Waals surface area contributed by atoms with E-state index in [1.807, 2.05) is 0 Å². The molecule has 1 aromatic carbocycles. The molecule has 0 saturated heterocycles. The Bertz CT molecular complexity index is 636. The summed E-state index contributed by atoms with van der Waals surface area (Å²) in [7, 11) is 6.46. The molecule has 0 atom stereocenters. The summed E-state index contributed by atoms with van der Waals surface area (Å²) in [4.78, 5) is 0. The summed E-state index contributed by atoms with van der Waals surface area (Å²) in [6, 6.07) is 0. The zero-order valence-electron chi connectivity index (χ0n) is 12.7. The van der Waals surface area contributed by atoms with Gasteiger partial charge in [-0.15, -0.1) is 0 Å². The third-order valence-electron chi connectivity index (χ3n) is 3.29. The van der Waals surface area contributed by atoms with Crippen molar-refractivity contribution in [3.05, 3.63) is 5.01 Å². The summed E-state index contributed by atoms with van der Waals surface area (Å²) < 4.78 is 25.2. The van der Waals surface area contributed by atoms with Gasteiger partial charge < -0.3 is 18.9 Å². The monoisotopic (exact) mass is 298 g/mol. The molecule has 0 fully saturated rings. The minimum atomic E-state index is 0.555. The lowest BCUT2D eigenvalue weighted by molar-refractivity contribution is -0.669. The maximum Gasteiger partial charge on any atom is 0.274 e. The molecular weight excluding hydrogens is 278 g/mol. The second kappa shape index (κ2) is 5.75. The number of fused-ring (bicyclic) bond motifs is 1. The van der Waals surface area contributed by atoms with Gasteiger partial charge in [0.05, 0.1) is 28.4 Å². The van der Waals surface area contributed by atoms with E-state index in [4.69, 9.17) is 18.9 Å². The molecule has 2 rings (SSSR count). The predicted molar refractivity (Wildman–Crippen MR) is 78.6 cm³/mol. The molecule has 0 aliphatic heterocycles. The van der Waals surface area contributed by atoms with Crippen molar-refractivity contribution < 1.29 is 23.5 Å². The van der Waals surface area contributed by atoms with Gasteiger partial charge in [-0.25, -0.2) is 0 Å². The van der Waals surface area contributed by atoms with Crippen LogP contribution in [0.5, 0.6) is 23.0 Å². The summed E-state index contributed by atoms with van der Waals surface area (Å²) in [5, 5.41) is 1.18. The highest BCUT2D eigenvalue weighted by atomic mass is 32.1. The summed E-state index contributed by atoms with van der Waals surface area (Å²) in [6.45, 7) is 5.02. The van der Waals surface area contributed by atoms with Crippen molar-refractivity contribution in [2.75, 3.05) is 28.4 Å². The smallest absolute Gasteiger partial charge is 0.274 e. The lowest BCUT2D eigenvalue weighted by Gasteiger charge is -2.14. The fraction of sp³-hybridized carbons (Fsp3) is 0.500. The van der Waals surface area contributed by atoms with Crippen molar-refractivity contribution in [1.29, 1.82) is 0 Å². The van der Waals surface area contributed by atoms with Crippen molar-refractivity contribution >= 4 is 21.6 Å². The molecule has 0 N–H and O–H groups in total. The number of nitrogens with zero attached hydrogens (tertiary/aromatic N) is 1. The zero-order valence-corrected chi connectivity index (χ0v) is 13.5. The fourth-order valence-electron chi connectivity index (χ4n) is 2.45. The van der Waals surface area contributed by atoms with Gasteiger partial charge in [-0.05, 0) is 6.92 Å². The highest BCUT2D eigenvalue weighted by Crippen LogP contribution is 2.51. The van der Waals surface area contributed by atoms with Gasteiger partial charge in [0.15, 0.2) is 10.4 Å². The molecule has 110 valence electrons. The van der Waals surface area contributed by atoms with E-state index in [1.165, 1.54) is 5.01 Å². The lowest BCUT2D eigenvalue weighted by atomic mass is 10.2. The van der Waals surface area contributed by atoms with Gasteiger partial charge in [0.2, 0.25) is 22.3 Å². The Kier molecular flexibility index (Phi) is 4.23. The second-order valence-electron chi connectivity index (χ2n) is 4.18. The van der Waals surface area contributed by atoms with Crippen molar-refractivity contribution in [3.63, 3.8) is 0 Å². The third kappa shape index (κ3) is 1.95. The van der Waals surface area contributed by atoms with Crippen molar-refractivity contribution in [3.8, 4) is 23.0 Å². The minimum Gasteiger partial charge on any atom is -0.491 e. The summed E-state index contributed by atoms with van der Waals surface area (Å²) in [5.41, 5.74) is 0.979. The van der Waals surface area contributed by atoms with Crippen LogP contribution in [0, 0.1) is 6.92 Å². The molecule has 6 heteroatoms. The zero-order chi connectivity index (χ0) is 14.9. The van der Waals surface area contributed by atoms with Gasteiger partial charge in [0, 0.05) is 6.92 Å². The SMILES string of the molecule is CC[n+]1c(C)sc2c(OC)c(OC)c(OC)c(OC)c21. The molecule has 0 spiro atoms. The molecule has 1 aromatic heterocycles. The Balaban J connectivity index is 3.02. The first-order chi connectivity index (χ1) is 9.64. The van der Waals surface area contributed by atoms with Crippen LogP contribution >= 0.6 is 11.3 Å². The topological polar surface area (TPSA) is 40.8 Å². The number of rotatable bonds is 5. The van der Waals surface area contributed by atoms with E-state index >= 15 is 0 Å². The number of hydrogen-bond donors (Lipinski definition) is 0. The van der Waals surface area contributed by atoms with E-state index < -0.39 is 0 Å². The lowest BCUT2D eigenvalue weighted by Crippen LogP contribution is -2.33.